The van der Waals surface area contributed by atoms with Crippen LogP contribution in [0.15, 0.2) is 22.7 Å². The summed E-state index contributed by atoms with van der Waals surface area (Å²) in [6, 6.07) is 4.56. The Morgan fingerprint density at radius 1 is 1.54 bits per heavy atom. The first-order valence-corrected chi connectivity index (χ1v) is 4.52. The first kappa shape index (κ1) is 10.2. The summed E-state index contributed by atoms with van der Waals surface area (Å²) in [5.41, 5.74) is 0.763. The topological polar surface area (TPSA) is 57.5 Å². The zero-order valence-corrected chi connectivity index (χ0v) is 8.58. The Morgan fingerprint density at radius 3 is 2.62 bits per heavy atom. The molecule has 0 saturated carbocycles. The van der Waals surface area contributed by atoms with Gasteiger partial charge in [0.15, 0.2) is 0 Å². The molecule has 70 valence electrons. The predicted octanol–water partition coefficient (Wildman–Crippen LogP) is 2.20. The van der Waals surface area contributed by atoms with Crippen LogP contribution in [0, 0.1) is 0 Å². The molecule has 4 heteroatoms. The number of carboxylic acids is 1. The molecule has 0 bridgehead atoms. The third-order valence-electron chi connectivity index (χ3n) is 1.69. The molecule has 1 atom stereocenters. The van der Waals surface area contributed by atoms with Crippen molar-refractivity contribution in [3.05, 3.63) is 33.8 Å². The molecule has 2 N–H and O–H groups in total. The summed E-state index contributed by atoms with van der Waals surface area (Å²) in [5, 5.41) is 18.0. The lowest BCUT2D eigenvalue weighted by Gasteiger charge is -2.07. The Balaban J connectivity index is 3.19. The van der Waals surface area contributed by atoms with Crippen molar-refractivity contribution in [1.29, 1.82) is 0 Å². The highest BCUT2D eigenvalue weighted by molar-refractivity contribution is 9.10. The van der Waals surface area contributed by atoms with Crippen LogP contribution in [-0.2, 0) is 0 Å². The number of benzene rings is 1. The fourth-order valence-electron chi connectivity index (χ4n) is 0.997. The van der Waals surface area contributed by atoms with Gasteiger partial charge in [0.25, 0.3) is 0 Å². The SMILES string of the molecule is CC(O)c1cc(C(=O)O)ccc1Br. The smallest absolute Gasteiger partial charge is 0.335 e. The number of rotatable bonds is 2. The molecule has 0 aliphatic heterocycles. The Labute approximate surface area is 84.1 Å². The van der Waals surface area contributed by atoms with Gasteiger partial charge in [-0.05, 0) is 30.7 Å². The molecule has 0 radical (unpaired) electrons. The van der Waals surface area contributed by atoms with Crippen molar-refractivity contribution in [2.24, 2.45) is 0 Å². The standard InChI is InChI=1S/C9H9BrO3/c1-5(11)7-4-6(9(12)13)2-3-8(7)10/h2-5,11H,1H3,(H,12,13). The van der Waals surface area contributed by atoms with Crippen LogP contribution < -0.4 is 0 Å². The number of carboxylic acid groups (broad SMARTS) is 1. The third-order valence-corrected chi connectivity index (χ3v) is 2.42. The molecule has 0 spiro atoms. The zero-order valence-electron chi connectivity index (χ0n) is 6.99. The van der Waals surface area contributed by atoms with Gasteiger partial charge >= 0.3 is 5.97 Å². The second kappa shape index (κ2) is 3.89. The van der Waals surface area contributed by atoms with E-state index < -0.39 is 12.1 Å². The molecule has 3 nitrogen and oxygen atoms in total. The Kier molecular flexibility index (Phi) is 3.06. The van der Waals surface area contributed by atoms with Crippen molar-refractivity contribution in [3.63, 3.8) is 0 Å². The largest absolute Gasteiger partial charge is 0.478 e. The van der Waals surface area contributed by atoms with Crippen LogP contribution in [0.5, 0.6) is 0 Å². The van der Waals surface area contributed by atoms with E-state index in [2.05, 4.69) is 15.9 Å². The molecule has 1 aromatic carbocycles. The number of aliphatic hydroxyl groups is 1. The molecule has 0 fully saturated rings. The zero-order chi connectivity index (χ0) is 10.0. The second-order valence-corrected chi connectivity index (χ2v) is 3.57. The molecule has 0 saturated heterocycles. The molecule has 1 aromatic rings. The first-order chi connectivity index (χ1) is 6.02. The van der Waals surface area contributed by atoms with Gasteiger partial charge in [-0.3, -0.25) is 0 Å². The lowest BCUT2D eigenvalue weighted by Crippen LogP contribution is -2.00. The van der Waals surface area contributed by atoms with Crippen LogP contribution in [0.2, 0.25) is 0 Å². The molecule has 0 heterocycles. The number of hydrogen-bond acceptors (Lipinski definition) is 2. The van der Waals surface area contributed by atoms with E-state index in [9.17, 15) is 9.90 Å². The summed E-state index contributed by atoms with van der Waals surface area (Å²) in [6.07, 6.45) is -0.673. The van der Waals surface area contributed by atoms with Gasteiger partial charge in [0.05, 0.1) is 11.7 Å². The van der Waals surface area contributed by atoms with Crippen LogP contribution in [0.3, 0.4) is 0 Å². The number of aromatic carboxylic acids is 1. The average molecular weight is 245 g/mol. The van der Waals surface area contributed by atoms with Crippen molar-refractivity contribution in [2.45, 2.75) is 13.0 Å². The monoisotopic (exact) mass is 244 g/mol. The van der Waals surface area contributed by atoms with Gasteiger partial charge in [-0.1, -0.05) is 15.9 Å². The van der Waals surface area contributed by atoms with Gasteiger partial charge in [0.1, 0.15) is 0 Å². The van der Waals surface area contributed by atoms with Crippen molar-refractivity contribution < 1.29 is 15.0 Å². The Morgan fingerprint density at radius 2 is 2.15 bits per heavy atom. The number of carbonyl (C=O) groups is 1. The summed E-state index contributed by atoms with van der Waals surface area (Å²) >= 11 is 3.23. The molecular formula is C9H9BrO3. The van der Waals surface area contributed by atoms with E-state index in [0.717, 1.165) is 0 Å². The minimum absolute atomic E-state index is 0.180. The van der Waals surface area contributed by atoms with Crippen LogP contribution in [-0.4, -0.2) is 16.2 Å². The van der Waals surface area contributed by atoms with Crippen LogP contribution in [0.25, 0.3) is 0 Å². The summed E-state index contributed by atoms with van der Waals surface area (Å²) in [5.74, 6) is -0.991. The highest BCUT2D eigenvalue weighted by atomic mass is 79.9. The summed E-state index contributed by atoms with van der Waals surface area (Å²) in [7, 11) is 0. The fourth-order valence-corrected chi connectivity index (χ4v) is 1.57. The van der Waals surface area contributed by atoms with Gasteiger partial charge in [0.2, 0.25) is 0 Å². The summed E-state index contributed by atoms with van der Waals surface area (Å²) in [6.45, 7) is 1.59. The number of aliphatic hydroxyl groups excluding tert-OH is 1. The van der Waals surface area contributed by atoms with Gasteiger partial charge in [-0.15, -0.1) is 0 Å². The van der Waals surface area contributed by atoms with Gasteiger partial charge in [-0.25, -0.2) is 4.79 Å². The maximum atomic E-state index is 10.6. The Hall–Kier alpha value is -0.870. The number of halogens is 1. The summed E-state index contributed by atoms with van der Waals surface area (Å²) in [4.78, 5) is 10.6. The van der Waals surface area contributed by atoms with Gasteiger partial charge in [-0.2, -0.15) is 0 Å². The molecule has 1 unspecified atom stereocenters. The minimum atomic E-state index is -0.991. The lowest BCUT2D eigenvalue weighted by molar-refractivity contribution is 0.0696. The predicted molar refractivity (Wildman–Crippen MR) is 51.7 cm³/mol. The van der Waals surface area contributed by atoms with E-state index in [0.29, 0.717) is 10.0 Å². The molecule has 13 heavy (non-hydrogen) atoms. The molecule has 0 aliphatic rings. The Bertz CT molecular complexity index is 334. The first-order valence-electron chi connectivity index (χ1n) is 3.73. The van der Waals surface area contributed by atoms with Crippen LogP contribution in [0.1, 0.15) is 28.9 Å². The molecule has 0 aromatic heterocycles. The minimum Gasteiger partial charge on any atom is -0.478 e. The van der Waals surface area contributed by atoms with E-state index in [-0.39, 0.29) is 5.56 Å². The van der Waals surface area contributed by atoms with Crippen molar-refractivity contribution >= 4 is 21.9 Å². The van der Waals surface area contributed by atoms with E-state index in [1.165, 1.54) is 12.1 Å². The maximum Gasteiger partial charge on any atom is 0.335 e. The van der Waals surface area contributed by atoms with Crippen LogP contribution in [0.4, 0.5) is 0 Å². The molecular weight excluding hydrogens is 236 g/mol. The van der Waals surface area contributed by atoms with E-state index in [1.54, 1.807) is 13.0 Å². The molecule has 0 aliphatic carbocycles. The van der Waals surface area contributed by atoms with E-state index in [4.69, 9.17) is 5.11 Å². The van der Waals surface area contributed by atoms with Crippen molar-refractivity contribution in [3.8, 4) is 0 Å². The fraction of sp³-hybridized carbons (Fsp3) is 0.222. The number of hydrogen-bond donors (Lipinski definition) is 2. The van der Waals surface area contributed by atoms with Crippen LogP contribution >= 0.6 is 15.9 Å². The maximum absolute atomic E-state index is 10.6. The third kappa shape index (κ3) is 2.29. The lowest BCUT2D eigenvalue weighted by atomic mass is 10.1. The highest BCUT2D eigenvalue weighted by Crippen LogP contribution is 2.24. The normalized spacial score (nSPS) is 12.5. The summed E-state index contributed by atoms with van der Waals surface area (Å²) < 4.78 is 0.715. The van der Waals surface area contributed by atoms with Crippen molar-refractivity contribution in [1.82, 2.24) is 0 Å². The molecule has 1 rings (SSSR count). The molecule has 0 amide bonds. The average Bonchev–Trinajstić information content (AvgIpc) is 2.04. The quantitative estimate of drug-likeness (QED) is 0.839. The van der Waals surface area contributed by atoms with E-state index >= 15 is 0 Å². The van der Waals surface area contributed by atoms with Gasteiger partial charge < -0.3 is 10.2 Å². The van der Waals surface area contributed by atoms with Gasteiger partial charge in [0, 0.05) is 4.47 Å². The van der Waals surface area contributed by atoms with Crippen molar-refractivity contribution in [2.75, 3.05) is 0 Å². The highest BCUT2D eigenvalue weighted by Gasteiger charge is 2.10. The second-order valence-electron chi connectivity index (χ2n) is 2.72. The van der Waals surface area contributed by atoms with E-state index in [1.807, 2.05) is 0 Å².